The molecule has 0 heterocycles. The van der Waals surface area contributed by atoms with Crippen LogP contribution in [0.3, 0.4) is 0 Å². The first-order valence-electron chi connectivity index (χ1n) is 9.84. The van der Waals surface area contributed by atoms with E-state index in [4.69, 9.17) is 14.2 Å². The number of hydrogen-bond donors (Lipinski definition) is 0. The molecule has 7 atom stereocenters. The van der Waals surface area contributed by atoms with E-state index in [-0.39, 0.29) is 47.5 Å². The monoisotopic (exact) mass is 362 g/mol. The number of fused-ring (bicyclic) bond motifs is 4. The molecule has 0 aliphatic heterocycles. The van der Waals surface area contributed by atoms with Crippen molar-refractivity contribution >= 4 is 11.9 Å². The second kappa shape index (κ2) is 6.08. The van der Waals surface area contributed by atoms with Gasteiger partial charge in [-0.15, -0.1) is 0 Å². The average Bonchev–Trinajstić information content (AvgIpc) is 3.30. The Morgan fingerprint density at radius 3 is 2.23 bits per heavy atom. The Morgan fingerprint density at radius 1 is 1.04 bits per heavy atom. The molecule has 0 amide bonds. The zero-order valence-corrected chi connectivity index (χ0v) is 16.2. The number of methoxy groups -OCH3 is 1. The molecule has 0 saturated heterocycles. The van der Waals surface area contributed by atoms with Crippen LogP contribution in [-0.2, 0) is 23.8 Å². The van der Waals surface area contributed by atoms with Gasteiger partial charge in [0.15, 0.2) is 6.79 Å². The summed E-state index contributed by atoms with van der Waals surface area (Å²) in [5.41, 5.74) is 0.232. The molecule has 0 aromatic rings. The molecule has 4 rings (SSSR count). The minimum absolute atomic E-state index is 0.0346. The Morgan fingerprint density at radius 2 is 1.69 bits per heavy atom. The van der Waals surface area contributed by atoms with Gasteiger partial charge in [-0.1, -0.05) is 32.9 Å². The molecular weight excluding hydrogens is 332 g/mol. The van der Waals surface area contributed by atoms with Gasteiger partial charge >= 0.3 is 11.9 Å². The van der Waals surface area contributed by atoms with Crippen LogP contribution in [0.2, 0.25) is 0 Å². The summed E-state index contributed by atoms with van der Waals surface area (Å²) in [4.78, 5) is 25.6. The Kier molecular flexibility index (Phi) is 4.22. The van der Waals surface area contributed by atoms with Crippen LogP contribution < -0.4 is 0 Å². The number of ether oxygens (including phenoxy) is 3. The third kappa shape index (κ3) is 2.39. The van der Waals surface area contributed by atoms with Crippen LogP contribution in [0, 0.1) is 40.4 Å². The Labute approximate surface area is 155 Å². The number of hydrogen-bond acceptors (Lipinski definition) is 5. The number of carbonyl (C=O) groups excluding carboxylic acids is 2. The van der Waals surface area contributed by atoms with Gasteiger partial charge in [-0.25, -0.2) is 0 Å². The highest BCUT2D eigenvalue weighted by molar-refractivity contribution is 5.84. The Hall–Kier alpha value is -1.36. The lowest BCUT2D eigenvalue weighted by molar-refractivity contribution is -0.173. The highest BCUT2D eigenvalue weighted by atomic mass is 16.7. The van der Waals surface area contributed by atoms with Crippen LogP contribution in [0.4, 0.5) is 0 Å². The van der Waals surface area contributed by atoms with E-state index in [9.17, 15) is 9.59 Å². The minimum Gasteiger partial charge on any atom is -0.462 e. The number of esters is 2. The van der Waals surface area contributed by atoms with E-state index in [0.717, 1.165) is 19.3 Å². The van der Waals surface area contributed by atoms with Crippen molar-refractivity contribution in [1.29, 1.82) is 0 Å². The summed E-state index contributed by atoms with van der Waals surface area (Å²) in [6.45, 7) is 6.81. The smallest absolute Gasteiger partial charge is 0.312 e. The van der Waals surface area contributed by atoms with Crippen molar-refractivity contribution in [3.63, 3.8) is 0 Å². The summed E-state index contributed by atoms with van der Waals surface area (Å²) in [6, 6.07) is 0. The molecular formula is C21H30O5. The standard InChI is InChI=1S/C21H30O5/c1-20(2)14-7-8-21(20,3)15(10-14)26-19(23)17-13-6-5-12(9-13)16(17)18(22)25-11-24-4/h5-6,12-17H,7-11H2,1-4H3. The summed E-state index contributed by atoms with van der Waals surface area (Å²) >= 11 is 0. The summed E-state index contributed by atoms with van der Waals surface area (Å²) in [5.74, 6) is -0.623. The van der Waals surface area contributed by atoms with E-state index in [1.807, 2.05) is 0 Å². The molecule has 3 fully saturated rings. The predicted molar refractivity (Wildman–Crippen MR) is 94.8 cm³/mol. The lowest BCUT2D eigenvalue weighted by Gasteiger charge is -2.39. The predicted octanol–water partition coefficient (Wildman–Crippen LogP) is 3.33. The molecule has 26 heavy (non-hydrogen) atoms. The number of carbonyl (C=O) groups is 2. The lowest BCUT2D eigenvalue weighted by atomic mass is 9.70. The van der Waals surface area contributed by atoms with Crippen molar-refractivity contribution in [2.75, 3.05) is 13.9 Å². The molecule has 4 aliphatic rings. The fourth-order valence-electron chi connectivity index (χ4n) is 6.21. The van der Waals surface area contributed by atoms with Crippen LogP contribution in [-0.4, -0.2) is 31.9 Å². The fourth-order valence-corrected chi connectivity index (χ4v) is 6.21. The first kappa shape index (κ1) is 18.0. The Bertz CT molecular complexity index is 638. The van der Waals surface area contributed by atoms with Gasteiger partial charge in [0.1, 0.15) is 6.10 Å². The molecule has 0 aromatic heterocycles. The van der Waals surface area contributed by atoms with E-state index in [1.165, 1.54) is 13.5 Å². The van der Waals surface area contributed by atoms with Crippen molar-refractivity contribution in [3.05, 3.63) is 12.2 Å². The molecule has 0 aromatic carbocycles. The maximum atomic E-state index is 13.1. The third-order valence-corrected chi connectivity index (χ3v) is 8.29. The molecule has 144 valence electrons. The normalized spacial score (nSPS) is 44.5. The highest BCUT2D eigenvalue weighted by Crippen LogP contribution is 2.66. The van der Waals surface area contributed by atoms with E-state index in [2.05, 4.69) is 32.9 Å². The lowest BCUT2D eigenvalue weighted by Crippen LogP contribution is -2.42. The topological polar surface area (TPSA) is 61.8 Å². The van der Waals surface area contributed by atoms with Crippen LogP contribution in [0.25, 0.3) is 0 Å². The molecule has 4 bridgehead atoms. The quantitative estimate of drug-likeness (QED) is 0.426. The molecule has 0 radical (unpaired) electrons. The first-order chi connectivity index (χ1) is 12.3. The second-order valence-corrected chi connectivity index (χ2v) is 9.41. The summed E-state index contributed by atoms with van der Waals surface area (Å²) in [6.07, 6.45) is 8.20. The van der Waals surface area contributed by atoms with Gasteiger partial charge < -0.3 is 14.2 Å². The largest absolute Gasteiger partial charge is 0.462 e. The molecule has 7 unspecified atom stereocenters. The maximum absolute atomic E-state index is 13.1. The molecule has 3 saturated carbocycles. The molecule has 0 spiro atoms. The average molecular weight is 362 g/mol. The van der Waals surface area contributed by atoms with Crippen LogP contribution in [0.5, 0.6) is 0 Å². The summed E-state index contributed by atoms with van der Waals surface area (Å²) in [5, 5.41) is 0. The minimum atomic E-state index is -0.438. The maximum Gasteiger partial charge on any atom is 0.312 e. The van der Waals surface area contributed by atoms with Crippen LogP contribution >= 0.6 is 0 Å². The van der Waals surface area contributed by atoms with Crippen LogP contribution in [0.1, 0.15) is 46.5 Å². The van der Waals surface area contributed by atoms with E-state index >= 15 is 0 Å². The molecule has 0 N–H and O–H groups in total. The van der Waals surface area contributed by atoms with E-state index in [0.29, 0.717) is 5.92 Å². The number of allylic oxidation sites excluding steroid dienone is 2. The van der Waals surface area contributed by atoms with Crippen molar-refractivity contribution < 1.29 is 23.8 Å². The fraction of sp³-hybridized carbons (Fsp3) is 0.810. The van der Waals surface area contributed by atoms with Gasteiger partial charge in [0, 0.05) is 12.5 Å². The summed E-state index contributed by atoms with van der Waals surface area (Å²) < 4.78 is 16.1. The highest BCUT2D eigenvalue weighted by Gasteiger charge is 2.63. The number of rotatable bonds is 5. The summed E-state index contributed by atoms with van der Waals surface area (Å²) in [7, 11) is 1.48. The van der Waals surface area contributed by atoms with Gasteiger partial charge in [-0.3, -0.25) is 9.59 Å². The third-order valence-electron chi connectivity index (χ3n) is 8.29. The van der Waals surface area contributed by atoms with Gasteiger partial charge in [0.25, 0.3) is 0 Å². The first-order valence-corrected chi connectivity index (χ1v) is 9.84. The second-order valence-electron chi connectivity index (χ2n) is 9.41. The SMILES string of the molecule is COCOC(=O)C1C2C=CC(C2)C1C(=O)OC1CC2CCC1(C)C2(C)C. The van der Waals surface area contributed by atoms with E-state index in [1.54, 1.807) is 0 Å². The van der Waals surface area contributed by atoms with Crippen molar-refractivity contribution in [2.24, 2.45) is 40.4 Å². The van der Waals surface area contributed by atoms with Crippen LogP contribution in [0.15, 0.2) is 12.2 Å². The van der Waals surface area contributed by atoms with Crippen molar-refractivity contribution in [2.45, 2.75) is 52.6 Å². The van der Waals surface area contributed by atoms with E-state index < -0.39 is 11.8 Å². The van der Waals surface area contributed by atoms with Gasteiger partial charge in [0.05, 0.1) is 11.8 Å². The molecule has 4 aliphatic carbocycles. The zero-order valence-electron chi connectivity index (χ0n) is 16.2. The Balaban J connectivity index is 1.49. The molecule has 5 nitrogen and oxygen atoms in total. The zero-order chi connectivity index (χ0) is 18.7. The van der Waals surface area contributed by atoms with Gasteiger partial charge in [0.2, 0.25) is 0 Å². The molecule has 5 heteroatoms. The van der Waals surface area contributed by atoms with Crippen molar-refractivity contribution in [1.82, 2.24) is 0 Å². The van der Waals surface area contributed by atoms with Gasteiger partial charge in [-0.2, -0.15) is 0 Å². The van der Waals surface area contributed by atoms with Gasteiger partial charge in [-0.05, 0) is 48.9 Å². The van der Waals surface area contributed by atoms with Crippen molar-refractivity contribution in [3.8, 4) is 0 Å².